The molecule has 6 nitrogen and oxygen atoms in total. The van der Waals surface area contributed by atoms with Crippen LogP contribution in [0.1, 0.15) is 37.7 Å². The number of carboxylic acids is 1. The van der Waals surface area contributed by atoms with Crippen molar-refractivity contribution in [1.29, 1.82) is 0 Å². The lowest BCUT2D eigenvalue weighted by molar-refractivity contribution is -0.142. The van der Waals surface area contributed by atoms with E-state index in [1.165, 1.54) is 19.3 Å². The van der Waals surface area contributed by atoms with Crippen molar-refractivity contribution in [2.75, 3.05) is 0 Å². The normalized spacial score (nSPS) is 27.1. The van der Waals surface area contributed by atoms with Gasteiger partial charge in [0, 0.05) is 31.2 Å². The fourth-order valence-corrected chi connectivity index (χ4v) is 4.29. The van der Waals surface area contributed by atoms with Crippen LogP contribution in [-0.4, -0.2) is 42.6 Å². The van der Waals surface area contributed by atoms with Gasteiger partial charge in [-0.2, -0.15) is 0 Å². The highest BCUT2D eigenvalue weighted by Gasteiger charge is 2.44. The molecule has 3 unspecified atom stereocenters. The van der Waals surface area contributed by atoms with Gasteiger partial charge in [0.05, 0.1) is 0 Å². The van der Waals surface area contributed by atoms with Crippen molar-refractivity contribution in [3.05, 3.63) is 42.6 Å². The van der Waals surface area contributed by atoms with Crippen molar-refractivity contribution in [1.82, 2.24) is 19.4 Å². The number of hydrogen-bond donors (Lipinski definition) is 1. The van der Waals surface area contributed by atoms with Crippen LogP contribution < -0.4 is 0 Å². The number of carbonyl (C=O) groups is 1. The summed E-state index contributed by atoms with van der Waals surface area (Å²) in [4.78, 5) is 22.4. The summed E-state index contributed by atoms with van der Waals surface area (Å²) in [5.41, 5.74) is 1.07. The molecule has 1 saturated carbocycles. The molecule has 126 valence electrons. The lowest BCUT2D eigenvalue weighted by Crippen LogP contribution is -2.41. The standard InChI is InChI=1S/C18H22N4O2/c23-18(24)16-9-14-3-1-2-4-15(14)22(16)11-13-5-6-17(20-10-13)21-8-7-19-12-21/h5-8,10,12,14-16H,1-4,9,11H2,(H,23,24). The van der Waals surface area contributed by atoms with Crippen LogP contribution in [0.15, 0.2) is 37.1 Å². The van der Waals surface area contributed by atoms with E-state index in [-0.39, 0.29) is 6.04 Å². The largest absolute Gasteiger partial charge is 0.480 e. The monoisotopic (exact) mass is 326 g/mol. The minimum Gasteiger partial charge on any atom is -0.480 e. The Morgan fingerprint density at radius 1 is 1.29 bits per heavy atom. The molecule has 2 aromatic rings. The number of hydrogen-bond acceptors (Lipinski definition) is 4. The minimum absolute atomic E-state index is 0.355. The SMILES string of the molecule is O=C(O)C1CC2CCCCC2N1Cc1ccc(-n2ccnc2)nc1. The van der Waals surface area contributed by atoms with E-state index in [0.29, 0.717) is 18.5 Å². The Balaban J connectivity index is 1.53. The van der Waals surface area contributed by atoms with Crippen LogP contribution in [0.3, 0.4) is 0 Å². The average molecular weight is 326 g/mol. The van der Waals surface area contributed by atoms with Gasteiger partial charge in [-0.3, -0.25) is 14.3 Å². The molecule has 2 fully saturated rings. The second kappa shape index (κ2) is 6.36. The summed E-state index contributed by atoms with van der Waals surface area (Å²) in [5.74, 6) is 0.674. The van der Waals surface area contributed by atoms with Gasteiger partial charge in [-0.1, -0.05) is 18.9 Å². The van der Waals surface area contributed by atoms with Gasteiger partial charge in [0.1, 0.15) is 18.2 Å². The maximum Gasteiger partial charge on any atom is 0.320 e. The predicted molar refractivity (Wildman–Crippen MR) is 88.7 cm³/mol. The molecular formula is C18H22N4O2. The first-order valence-corrected chi connectivity index (χ1v) is 8.64. The second-order valence-electron chi connectivity index (χ2n) is 6.87. The van der Waals surface area contributed by atoms with Crippen molar-refractivity contribution >= 4 is 5.97 Å². The van der Waals surface area contributed by atoms with Gasteiger partial charge < -0.3 is 5.11 Å². The molecule has 1 aliphatic heterocycles. The minimum atomic E-state index is -0.688. The van der Waals surface area contributed by atoms with Crippen molar-refractivity contribution in [2.45, 2.75) is 50.7 Å². The van der Waals surface area contributed by atoms with E-state index in [1.54, 1.807) is 12.5 Å². The Hall–Kier alpha value is -2.21. The molecule has 1 saturated heterocycles. The van der Waals surface area contributed by atoms with Gasteiger partial charge >= 0.3 is 5.97 Å². The van der Waals surface area contributed by atoms with Crippen LogP contribution in [-0.2, 0) is 11.3 Å². The first kappa shape index (κ1) is 15.3. The van der Waals surface area contributed by atoms with Crippen molar-refractivity contribution in [3.63, 3.8) is 0 Å². The lowest BCUT2D eigenvalue weighted by Gasteiger charge is -2.32. The van der Waals surface area contributed by atoms with Crippen LogP contribution in [0.4, 0.5) is 0 Å². The molecule has 0 amide bonds. The summed E-state index contributed by atoms with van der Waals surface area (Å²) in [5, 5.41) is 9.61. The zero-order chi connectivity index (χ0) is 16.5. The van der Waals surface area contributed by atoms with Gasteiger partial charge in [0.15, 0.2) is 0 Å². The molecule has 1 aliphatic carbocycles. The smallest absolute Gasteiger partial charge is 0.320 e. The van der Waals surface area contributed by atoms with Crippen LogP contribution in [0, 0.1) is 5.92 Å². The molecule has 0 spiro atoms. The first-order valence-electron chi connectivity index (χ1n) is 8.64. The molecule has 6 heteroatoms. The molecule has 0 aromatic carbocycles. The summed E-state index contributed by atoms with van der Waals surface area (Å²) in [7, 11) is 0. The number of nitrogens with zero attached hydrogens (tertiary/aromatic N) is 4. The number of likely N-dealkylation sites (tertiary alicyclic amines) is 1. The van der Waals surface area contributed by atoms with Crippen molar-refractivity contribution < 1.29 is 9.90 Å². The molecule has 4 rings (SSSR count). The predicted octanol–water partition coefficient (Wildman–Crippen LogP) is 2.49. The summed E-state index contributed by atoms with van der Waals surface area (Å²) in [6.45, 7) is 0.662. The van der Waals surface area contributed by atoms with Crippen LogP contribution in [0.2, 0.25) is 0 Å². The van der Waals surface area contributed by atoms with Crippen LogP contribution >= 0.6 is 0 Å². The molecule has 1 N–H and O–H groups in total. The number of imidazole rings is 1. The lowest BCUT2D eigenvalue weighted by atomic mass is 9.84. The zero-order valence-corrected chi connectivity index (χ0v) is 13.6. The average Bonchev–Trinajstić information content (AvgIpc) is 3.24. The van der Waals surface area contributed by atoms with E-state index >= 15 is 0 Å². The topological polar surface area (TPSA) is 71.2 Å². The van der Waals surface area contributed by atoms with E-state index in [9.17, 15) is 9.90 Å². The zero-order valence-electron chi connectivity index (χ0n) is 13.6. The summed E-state index contributed by atoms with van der Waals surface area (Å²) < 4.78 is 1.86. The molecule has 2 aliphatic rings. The second-order valence-corrected chi connectivity index (χ2v) is 6.87. The Morgan fingerprint density at radius 3 is 2.88 bits per heavy atom. The Kier molecular flexibility index (Phi) is 4.06. The highest BCUT2D eigenvalue weighted by Crippen LogP contribution is 2.40. The first-order chi connectivity index (χ1) is 11.7. The van der Waals surface area contributed by atoms with Gasteiger partial charge in [-0.05, 0) is 36.8 Å². The fourth-order valence-electron chi connectivity index (χ4n) is 4.29. The third kappa shape index (κ3) is 2.82. The Bertz CT molecular complexity index is 698. The molecule has 0 radical (unpaired) electrons. The van der Waals surface area contributed by atoms with E-state index in [2.05, 4.69) is 14.9 Å². The third-order valence-electron chi connectivity index (χ3n) is 5.45. The van der Waals surface area contributed by atoms with Gasteiger partial charge in [-0.25, -0.2) is 9.97 Å². The Labute approximate surface area is 141 Å². The third-order valence-corrected chi connectivity index (χ3v) is 5.45. The van der Waals surface area contributed by atoms with Gasteiger partial charge in [-0.15, -0.1) is 0 Å². The van der Waals surface area contributed by atoms with E-state index in [1.807, 2.05) is 29.1 Å². The number of aliphatic carboxylic acids is 1. The molecular weight excluding hydrogens is 304 g/mol. The van der Waals surface area contributed by atoms with E-state index < -0.39 is 5.97 Å². The fraction of sp³-hybridized carbons (Fsp3) is 0.500. The van der Waals surface area contributed by atoms with Crippen molar-refractivity contribution in [2.24, 2.45) is 5.92 Å². The number of aromatic nitrogens is 3. The van der Waals surface area contributed by atoms with Gasteiger partial charge in [0.2, 0.25) is 0 Å². The quantitative estimate of drug-likeness (QED) is 0.934. The summed E-state index contributed by atoms with van der Waals surface area (Å²) in [6.07, 6.45) is 12.7. The van der Waals surface area contributed by atoms with Crippen LogP contribution in [0.5, 0.6) is 0 Å². The van der Waals surface area contributed by atoms with E-state index in [0.717, 1.165) is 24.2 Å². The van der Waals surface area contributed by atoms with Crippen LogP contribution in [0.25, 0.3) is 5.82 Å². The van der Waals surface area contributed by atoms with Gasteiger partial charge in [0.25, 0.3) is 0 Å². The highest BCUT2D eigenvalue weighted by molar-refractivity contribution is 5.74. The number of rotatable bonds is 4. The number of carboxylic acid groups (broad SMARTS) is 1. The summed E-state index contributed by atoms with van der Waals surface area (Å²) in [6, 6.07) is 4.05. The highest BCUT2D eigenvalue weighted by atomic mass is 16.4. The number of fused-ring (bicyclic) bond motifs is 1. The Morgan fingerprint density at radius 2 is 2.17 bits per heavy atom. The molecule has 0 bridgehead atoms. The molecule has 24 heavy (non-hydrogen) atoms. The maximum absolute atomic E-state index is 11.7. The van der Waals surface area contributed by atoms with E-state index in [4.69, 9.17) is 0 Å². The molecule has 3 heterocycles. The molecule has 2 aromatic heterocycles. The summed E-state index contributed by atoms with van der Waals surface area (Å²) >= 11 is 0. The van der Waals surface area contributed by atoms with Crippen molar-refractivity contribution in [3.8, 4) is 5.82 Å². The molecule has 3 atom stereocenters. The number of pyridine rings is 1. The maximum atomic E-state index is 11.7.